The minimum Gasteiger partial charge on any atom is -0.497 e. The predicted molar refractivity (Wildman–Crippen MR) is 119 cm³/mol. The molecule has 0 amide bonds. The van der Waals surface area contributed by atoms with Crippen LogP contribution in [-0.2, 0) is 20.8 Å². The molecule has 2 atom stereocenters. The molecule has 1 aliphatic heterocycles. The zero-order valence-corrected chi connectivity index (χ0v) is 18.8. The van der Waals surface area contributed by atoms with Gasteiger partial charge in [0.15, 0.2) is 0 Å². The van der Waals surface area contributed by atoms with Gasteiger partial charge in [-0.25, -0.2) is 8.42 Å². The standard InChI is InChI=1S/C22H20ClNO4S2/c1-15-3-10-19(11-4-15)30(26,27)24-20-13-17(23)7-12-22(20)29(25)14-21(24)16-5-8-18(28-2)9-6-16/h3-13,21H,14H2,1-2H3/t21-,29+/m0/s1. The second-order valence-corrected chi connectivity index (χ2v) is 10.7. The minimum absolute atomic E-state index is 0.145. The Bertz CT molecular complexity index is 1210. The molecular formula is C22H20ClNO4S2. The van der Waals surface area contributed by atoms with E-state index in [0.717, 1.165) is 11.1 Å². The van der Waals surface area contributed by atoms with Gasteiger partial charge >= 0.3 is 0 Å². The van der Waals surface area contributed by atoms with E-state index in [0.29, 0.717) is 21.4 Å². The molecular weight excluding hydrogens is 442 g/mol. The van der Waals surface area contributed by atoms with Gasteiger partial charge in [-0.1, -0.05) is 41.4 Å². The van der Waals surface area contributed by atoms with Gasteiger partial charge in [0.1, 0.15) is 5.75 Å². The maximum Gasteiger partial charge on any atom is 0.264 e. The molecule has 0 bridgehead atoms. The topological polar surface area (TPSA) is 63.7 Å². The van der Waals surface area contributed by atoms with E-state index in [4.69, 9.17) is 16.3 Å². The molecule has 1 aliphatic rings. The van der Waals surface area contributed by atoms with Gasteiger partial charge in [0.05, 0.1) is 45.2 Å². The molecule has 30 heavy (non-hydrogen) atoms. The molecule has 1 heterocycles. The quantitative estimate of drug-likeness (QED) is 0.564. The molecule has 156 valence electrons. The third kappa shape index (κ3) is 3.73. The van der Waals surface area contributed by atoms with Crippen LogP contribution < -0.4 is 9.04 Å². The number of anilines is 1. The second kappa shape index (κ2) is 8.06. The van der Waals surface area contributed by atoms with Crippen molar-refractivity contribution in [2.24, 2.45) is 0 Å². The van der Waals surface area contributed by atoms with Crippen LogP contribution in [0, 0.1) is 6.92 Å². The van der Waals surface area contributed by atoms with Crippen LogP contribution in [0.15, 0.2) is 76.5 Å². The third-order valence-electron chi connectivity index (χ3n) is 5.07. The molecule has 3 aromatic rings. The Morgan fingerprint density at radius 3 is 2.33 bits per heavy atom. The maximum atomic E-state index is 13.7. The van der Waals surface area contributed by atoms with Gasteiger partial charge in [0, 0.05) is 5.02 Å². The number of halogens is 1. The van der Waals surface area contributed by atoms with Gasteiger partial charge in [0.2, 0.25) is 0 Å². The van der Waals surface area contributed by atoms with Gasteiger partial charge in [-0.15, -0.1) is 0 Å². The van der Waals surface area contributed by atoms with Crippen molar-refractivity contribution in [3.05, 3.63) is 82.9 Å². The highest BCUT2D eigenvalue weighted by Gasteiger charge is 2.40. The number of sulfonamides is 1. The largest absolute Gasteiger partial charge is 0.497 e. The normalized spacial score (nSPS) is 18.7. The number of rotatable bonds is 4. The highest BCUT2D eigenvalue weighted by molar-refractivity contribution is 7.93. The summed E-state index contributed by atoms with van der Waals surface area (Å²) in [4.78, 5) is 0.630. The van der Waals surface area contributed by atoms with Gasteiger partial charge in [-0.2, -0.15) is 0 Å². The molecule has 8 heteroatoms. The summed E-state index contributed by atoms with van der Waals surface area (Å²) in [5.41, 5.74) is 2.03. The highest BCUT2D eigenvalue weighted by Crippen LogP contribution is 2.43. The van der Waals surface area contributed by atoms with Crippen LogP contribution in [0.1, 0.15) is 17.2 Å². The average molecular weight is 462 g/mol. The third-order valence-corrected chi connectivity index (χ3v) is 8.60. The summed E-state index contributed by atoms with van der Waals surface area (Å²) in [6, 6.07) is 18.0. The first-order valence-corrected chi connectivity index (χ1v) is 12.4. The van der Waals surface area contributed by atoms with E-state index in [9.17, 15) is 12.6 Å². The second-order valence-electron chi connectivity index (χ2n) is 7.03. The molecule has 0 saturated carbocycles. The van der Waals surface area contributed by atoms with Crippen LogP contribution in [0.2, 0.25) is 5.02 Å². The Balaban J connectivity index is 1.92. The molecule has 0 radical (unpaired) electrons. The fourth-order valence-corrected chi connectivity index (χ4v) is 6.89. The summed E-state index contributed by atoms with van der Waals surface area (Å²) >= 11 is 6.20. The van der Waals surface area contributed by atoms with Crippen molar-refractivity contribution in [1.82, 2.24) is 0 Å². The highest BCUT2D eigenvalue weighted by atomic mass is 35.5. The first-order chi connectivity index (χ1) is 14.3. The number of hydrogen-bond donors (Lipinski definition) is 0. The van der Waals surface area contributed by atoms with E-state index in [1.165, 1.54) is 4.31 Å². The van der Waals surface area contributed by atoms with Crippen molar-refractivity contribution in [2.75, 3.05) is 17.2 Å². The van der Waals surface area contributed by atoms with Crippen molar-refractivity contribution in [2.45, 2.75) is 22.8 Å². The minimum atomic E-state index is -3.94. The van der Waals surface area contributed by atoms with Crippen LogP contribution in [0.25, 0.3) is 0 Å². The van der Waals surface area contributed by atoms with E-state index < -0.39 is 26.9 Å². The molecule has 4 rings (SSSR count). The Labute approximate surface area is 183 Å². The zero-order valence-electron chi connectivity index (χ0n) is 16.4. The van der Waals surface area contributed by atoms with Crippen LogP contribution in [-0.4, -0.2) is 25.5 Å². The molecule has 0 unspecified atom stereocenters. The number of hydrogen-bond acceptors (Lipinski definition) is 4. The lowest BCUT2D eigenvalue weighted by Crippen LogP contribution is -2.41. The van der Waals surface area contributed by atoms with Gasteiger partial charge in [-0.3, -0.25) is 8.51 Å². The lowest BCUT2D eigenvalue weighted by molar-refractivity contribution is 0.414. The van der Waals surface area contributed by atoms with Crippen LogP contribution in [0.4, 0.5) is 5.69 Å². The number of methoxy groups -OCH3 is 1. The Morgan fingerprint density at radius 2 is 1.70 bits per heavy atom. The number of ether oxygens (including phenoxy) is 1. The summed E-state index contributed by atoms with van der Waals surface area (Å²) < 4.78 is 47.0. The fourth-order valence-electron chi connectivity index (χ4n) is 3.50. The molecule has 0 aromatic heterocycles. The van der Waals surface area contributed by atoms with Crippen molar-refractivity contribution in [1.29, 1.82) is 0 Å². The van der Waals surface area contributed by atoms with E-state index >= 15 is 0 Å². The molecule has 3 aromatic carbocycles. The van der Waals surface area contributed by atoms with E-state index in [-0.39, 0.29) is 10.6 Å². The Kier molecular flexibility index (Phi) is 5.61. The molecule has 0 N–H and O–H groups in total. The summed E-state index contributed by atoms with van der Waals surface area (Å²) in [6.07, 6.45) is 0. The molecule has 0 fully saturated rings. The summed E-state index contributed by atoms with van der Waals surface area (Å²) in [7, 11) is -3.74. The number of nitrogens with zero attached hydrogens (tertiary/aromatic N) is 1. The van der Waals surface area contributed by atoms with Crippen molar-refractivity contribution < 1.29 is 17.4 Å². The van der Waals surface area contributed by atoms with Crippen LogP contribution >= 0.6 is 11.6 Å². The van der Waals surface area contributed by atoms with Gasteiger partial charge in [0.25, 0.3) is 10.0 Å². The number of fused-ring (bicyclic) bond motifs is 1. The van der Waals surface area contributed by atoms with Crippen molar-refractivity contribution >= 4 is 38.1 Å². The Morgan fingerprint density at radius 1 is 1.03 bits per heavy atom. The first kappa shape index (κ1) is 20.9. The predicted octanol–water partition coefficient (Wildman–Crippen LogP) is 4.71. The zero-order chi connectivity index (χ0) is 21.5. The summed E-state index contributed by atoms with van der Waals surface area (Å²) in [5, 5.41) is 0.380. The number of aryl methyl sites for hydroxylation is 1. The maximum absolute atomic E-state index is 13.7. The smallest absolute Gasteiger partial charge is 0.264 e. The van der Waals surface area contributed by atoms with Crippen molar-refractivity contribution in [3.8, 4) is 5.75 Å². The van der Waals surface area contributed by atoms with Gasteiger partial charge < -0.3 is 4.74 Å². The van der Waals surface area contributed by atoms with E-state index in [2.05, 4.69) is 0 Å². The molecule has 0 spiro atoms. The Hall–Kier alpha value is -2.35. The first-order valence-electron chi connectivity index (χ1n) is 9.24. The molecule has 0 saturated heterocycles. The van der Waals surface area contributed by atoms with E-state index in [1.54, 1.807) is 73.8 Å². The summed E-state index contributed by atoms with van der Waals surface area (Å²) in [6.45, 7) is 1.90. The fraction of sp³-hybridized carbons (Fsp3) is 0.182. The number of benzene rings is 3. The lowest BCUT2D eigenvalue weighted by atomic mass is 10.1. The molecule has 0 aliphatic carbocycles. The SMILES string of the molecule is COc1ccc([C@@H]2C[S@@](=O)c3ccc(Cl)cc3N2S(=O)(=O)c2ccc(C)cc2)cc1. The van der Waals surface area contributed by atoms with Crippen LogP contribution in [0.5, 0.6) is 5.75 Å². The average Bonchev–Trinajstić information content (AvgIpc) is 2.73. The summed E-state index contributed by atoms with van der Waals surface area (Å²) in [5.74, 6) is 0.804. The van der Waals surface area contributed by atoms with Crippen molar-refractivity contribution in [3.63, 3.8) is 0 Å². The van der Waals surface area contributed by atoms with Crippen LogP contribution in [0.3, 0.4) is 0 Å². The molecule has 5 nitrogen and oxygen atoms in total. The monoisotopic (exact) mass is 461 g/mol. The van der Waals surface area contributed by atoms with Gasteiger partial charge in [-0.05, 0) is 55.0 Å². The van der Waals surface area contributed by atoms with E-state index in [1.807, 2.05) is 6.92 Å². The lowest BCUT2D eigenvalue weighted by Gasteiger charge is -2.37.